The van der Waals surface area contributed by atoms with Gasteiger partial charge in [0, 0.05) is 0 Å². The van der Waals surface area contributed by atoms with Crippen LogP contribution in [0.5, 0.6) is 0 Å². The molecule has 0 atom stereocenters. The van der Waals surface area contributed by atoms with Crippen molar-refractivity contribution >= 4 is 6.03 Å². The fourth-order valence-corrected chi connectivity index (χ4v) is 0.646. The van der Waals surface area contributed by atoms with E-state index in [1.54, 1.807) is 6.92 Å². The van der Waals surface area contributed by atoms with E-state index in [0.29, 0.717) is 6.42 Å². The first-order valence-electron chi connectivity index (χ1n) is 3.50. The second kappa shape index (κ2) is 5.16. The van der Waals surface area contributed by atoms with E-state index in [4.69, 9.17) is 5.73 Å². The molecule has 0 saturated carbocycles. The molecular weight excluding hydrogens is 164 g/mol. The number of rotatable bonds is 5. The third-order valence-corrected chi connectivity index (χ3v) is 1.15. The maximum atomic E-state index is 10.2. The van der Waals surface area contributed by atoms with Crippen LogP contribution in [0.15, 0.2) is 0 Å². The van der Waals surface area contributed by atoms with Crippen LogP contribution >= 0.6 is 0 Å². The summed E-state index contributed by atoms with van der Waals surface area (Å²) < 4.78 is 0. The number of urea groups is 1. The minimum Gasteiger partial charge on any atom is -0.352 e. The lowest BCUT2D eigenvalue weighted by Crippen LogP contribution is -2.43. The van der Waals surface area contributed by atoms with Gasteiger partial charge in [-0.3, -0.25) is 0 Å². The molecule has 0 spiro atoms. The highest BCUT2D eigenvalue weighted by Gasteiger charge is 2.11. The van der Waals surface area contributed by atoms with Gasteiger partial charge in [0.25, 0.3) is 0 Å². The van der Waals surface area contributed by atoms with Crippen LogP contribution in [-0.2, 0) is 0 Å². The SMILES string of the molecule is CCCN(CNC(N)=O)[N+](=O)[O-]. The molecule has 0 heterocycles. The van der Waals surface area contributed by atoms with Crippen molar-refractivity contribution in [2.45, 2.75) is 13.3 Å². The zero-order chi connectivity index (χ0) is 9.56. The van der Waals surface area contributed by atoms with Gasteiger partial charge in [0.2, 0.25) is 0 Å². The molecule has 0 aliphatic rings. The van der Waals surface area contributed by atoms with Crippen molar-refractivity contribution in [3.05, 3.63) is 10.1 Å². The number of hydrogen-bond acceptors (Lipinski definition) is 3. The van der Waals surface area contributed by atoms with Crippen molar-refractivity contribution < 1.29 is 9.83 Å². The van der Waals surface area contributed by atoms with E-state index in [0.717, 1.165) is 5.01 Å². The Morgan fingerprint density at radius 3 is 2.67 bits per heavy atom. The molecule has 70 valence electrons. The highest BCUT2D eigenvalue weighted by Crippen LogP contribution is 1.88. The molecule has 7 nitrogen and oxygen atoms in total. The minimum absolute atomic E-state index is 0.157. The number of primary amides is 1. The summed E-state index contributed by atoms with van der Waals surface area (Å²) in [4.78, 5) is 20.4. The molecule has 12 heavy (non-hydrogen) atoms. The van der Waals surface area contributed by atoms with Crippen LogP contribution in [0.25, 0.3) is 0 Å². The van der Waals surface area contributed by atoms with Crippen LogP contribution in [0.2, 0.25) is 0 Å². The maximum Gasteiger partial charge on any atom is 0.313 e. The number of nitrogens with one attached hydrogen (secondary N) is 1. The summed E-state index contributed by atoms with van der Waals surface area (Å²) >= 11 is 0. The Morgan fingerprint density at radius 1 is 1.75 bits per heavy atom. The van der Waals surface area contributed by atoms with Crippen molar-refractivity contribution in [2.75, 3.05) is 13.2 Å². The molecule has 0 saturated heterocycles. The van der Waals surface area contributed by atoms with E-state index in [1.807, 2.05) is 0 Å². The Bertz CT molecular complexity index is 172. The topological polar surface area (TPSA) is 102 Å². The molecule has 0 rings (SSSR count). The zero-order valence-electron chi connectivity index (χ0n) is 6.82. The largest absolute Gasteiger partial charge is 0.352 e. The highest BCUT2D eigenvalue weighted by molar-refractivity contribution is 5.71. The van der Waals surface area contributed by atoms with E-state index >= 15 is 0 Å². The molecular formula is C5H12N4O3. The lowest BCUT2D eigenvalue weighted by Gasteiger charge is -2.12. The Hall–Kier alpha value is -1.53. The number of carbonyl (C=O) groups is 1. The quantitative estimate of drug-likeness (QED) is 0.335. The minimum atomic E-state index is -0.766. The number of hydrogen-bond donors (Lipinski definition) is 2. The van der Waals surface area contributed by atoms with Gasteiger partial charge in [-0.2, -0.15) is 0 Å². The first kappa shape index (κ1) is 10.5. The standard InChI is InChI=1S/C5H12N4O3/c1-2-3-8(9(11)12)4-7-5(6)10/h2-4H2,1H3,(H3,6,7,10). The van der Waals surface area contributed by atoms with Crippen LogP contribution < -0.4 is 11.1 Å². The second-order valence-electron chi connectivity index (χ2n) is 2.17. The van der Waals surface area contributed by atoms with Gasteiger partial charge < -0.3 is 11.1 Å². The van der Waals surface area contributed by atoms with E-state index in [-0.39, 0.29) is 13.2 Å². The van der Waals surface area contributed by atoms with Gasteiger partial charge >= 0.3 is 6.03 Å². The number of nitro groups is 1. The molecule has 0 aromatic heterocycles. The molecule has 0 aromatic carbocycles. The van der Waals surface area contributed by atoms with Gasteiger partial charge in [0.1, 0.15) is 0 Å². The molecule has 0 aliphatic carbocycles. The molecule has 7 heteroatoms. The van der Waals surface area contributed by atoms with Gasteiger partial charge in [-0.15, -0.1) is 5.01 Å². The first-order valence-corrected chi connectivity index (χ1v) is 3.50. The predicted octanol–water partition coefficient (Wildman–Crippen LogP) is -0.484. The monoisotopic (exact) mass is 176 g/mol. The fraction of sp³-hybridized carbons (Fsp3) is 0.800. The van der Waals surface area contributed by atoms with Crippen LogP contribution in [0.3, 0.4) is 0 Å². The molecule has 0 radical (unpaired) electrons. The molecule has 2 amide bonds. The van der Waals surface area contributed by atoms with Crippen molar-refractivity contribution in [3.8, 4) is 0 Å². The second-order valence-corrected chi connectivity index (χ2v) is 2.17. The van der Waals surface area contributed by atoms with Gasteiger partial charge in [-0.1, -0.05) is 6.92 Å². The molecule has 0 bridgehead atoms. The molecule has 3 N–H and O–H groups in total. The third-order valence-electron chi connectivity index (χ3n) is 1.15. The number of nitrogens with zero attached hydrogens (tertiary/aromatic N) is 2. The average molecular weight is 176 g/mol. The smallest absolute Gasteiger partial charge is 0.313 e. The van der Waals surface area contributed by atoms with E-state index < -0.39 is 11.1 Å². The van der Waals surface area contributed by atoms with E-state index in [1.165, 1.54) is 0 Å². The van der Waals surface area contributed by atoms with Crippen LogP contribution in [0, 0.1) is 10.1 Å². The Labute approximate surface area is 69.6 Å². The Balaban J connectivity index is 3.79. The summed E-state index contributed by atoms with van der Waals surface area (Å²) in [6.07, 6.45) is 0.640. The molecule has 0 aliphatic heterocycles. The highest BCUT2D eigenvalue weighted by atomic mass is 16.7. The normalized spacial score (nSPS) is 9.08. The maximum absolute atomic E-state index is 10.2. The summed E-state index contributed by atoms with van der Waals surface area (Å²) in [7, 11) is 0. The predicted molar refractivity (Wildman–Crippen MR) is 41.6 cm³/mol. The van der Waals surface area contributed by atoms with Crippen molar-refractivity contribution in [1.82, 2.24) is 10.3 Å². The van der Waals surface area contributed by atoms with Crippen LogP contribution in [0.1, 0.15) is 13.3 Å². The van der Waals surface area contributed by atoms with Crippen LogP contribution in [0.4, 0.5) is 4.79 Å². The average Bonchev–Trinajstić information content (AvgIpc) is 1.96. The lowest BCUT2D eigenvalue weighted by molar-refractivity contribution is -0.656. The van der Waals surface area contributed by atoms with Gasteiger partial charge in [0.15, 0.2) is 11.7 Å². The summed E-state index contributed by atoms with van der Waals surface area (Å²) in [6, 6.07) is -0.766. The lowest BCUT2D eigenvalue weighted by atomic mass is 10.5. The first-order chi connectivity index (χ1) is 5.57. The number of nitrogens with two attached hydrogens (primary N) is 1. The Morgan fingerprint density at radius 2 is 2.33 bits per heavy atom. The van der Waals surface area contributed by atoms with E-state index in [9.17, 15) is 14.9 Å². The summed E-state index contributed by atoms with van der Waals surface area (Å²) in [5, 5.41) is 12.7. The molecule has 0 aromatic rings. The summed E-state index contributed by atoms with van der Waals surface area (Å²) in [5.74, 6) is 0. The van der Waals surface area contributed by atoms with Crippen molar-refractivity contribution in [1.29, 1.82) is 0 Å². The molecule has 0 fully saturated rings. The van der Waals surface area contributed by atoms with Crippen molar-refractivity contribution in [3.63, 3.8) is 0 Å². The molecule has 0 unspecified atom stereocenters. The number of hydrazine groups is 1. The number of carbonyl (C=O) groups excluding carboxylic acids is 1. The number of amides is 2. The zero-order valence-corrected chi connectivity index (χ0v) is 6.82. The van der Waals surface area contributed by atoms with E-state index in [2.05, 4.69) is 5.32 Å². The summed E-state index contributed by atoms with van der Waals surface area (Å²) in [6.45, 7) is 1.93. The van der Waals surface area contributed by atoms with Gasteiger partial charge in [-0.05, 0) is 6.42 Å². The fourth-order valence-electron chi connectivity index (χ4n) is 0.646. The Kier molecular flexibility index (Phi) is 4.51. The van der Waals surface area contributed by atoms with Gasteiger partial charge in [0.05, 0.1) is 6.54 Å². The third kappa shape index (κ3) is 4.31. The summed E-state index contributed by atoms with van der Waals surface area (Å²) in [5.41, 5.74) is 4.74. The van der Waals surface area contributed by atoms with Crippen LogP contribution in [-0.4, -0.2) is 29.3 Å². The van der Waals surface area contributed by atoms with Gasteiger partial charge in [-0.25, -0.2) is 14.9 Å². The van der Waals surface area contributed by atoms with Crippen molar-refractivity contribution in [2.24, 2.45) is 5.73 Å².